The van der Waals surface area contributed by atoms with Gasteiger partial charge in [-0.15, -0.1) is 0 Å². The van der Waals surface area contributed by atoms with Crippen molar-refractivity contribution >= 4 is 0 Å². The number of imidazole rings is 1. The summed E-state index contributed by atoms with van der Waals surface area (Å²) in [6, 6.07) is 2.05. The molecule has 0 fully saturated rings. The van der Waals surface area contributed by atoms with Gasteiger partial charge < -0.3 is 4.57 Å². The second-order valence-electron chi connectivity index (χ2n) is 4.21. The zero-order valence-electron chi connectivity index (χ0n) is 10.4. The molecule has 0 saturated carbocycles. The van der Waals surface area contributed by atoms with Gasteiger partial charge in [0.05, 0.1) is 17.4 Å². The van der Waals surface area contributed by atoms with Crippen molar-refractivity contribution in [1.29, 1.82) is 0 Å². The van der Waals surface area contributed by atoms with E-state index in [2.05, 4.69) is 15.5 Å². The Morgan fingerprint density at radius 2 is 2.24 bits per heavy atom. The third-order valence-electron chi connectivity index (χ3n) is 2.90. The van der Waals surface area contributed by atoms with Gasteiger partial charge in [0, 0.05) is 32.9 Å². The Balaban J connectivity index is 2.23. The van der Waals surface area contributed by atoms with Gasteiger partial charge in [-0.05, 0) is 13.0 Å². The van der Waals surface area contributed by atoms with Crippen LogP contribution in [0.25, 0.3) is 0 Å². The Morgan fingerprint density at radius 3 is 2.71 bits per heavy atom. The van der Waals surface area contributed by atoms with E-state index in [1.54, 1.807) is 6.20 Å². The van der Waals surface area contributed by atoms with E-state index in [-0.39, 0.29) is 6.04 Å². The van der Waals surface area contributed by atoms with Gasteiger partial charge in [-0.2, -0.15) is 5.10 Å². The fourth-order valence-electron chi connectivity index (χ4n) is 1.98. The van der Waals surface area contributed by atoms with Gasteiger partial charge in [-0.1, -0.05) is 0 Å². The van der Waals surface area contributed by atoms with Crippen molar-refractivity contribution in [3.63, 3.8) is 0 Å². The first-order valence-electron chi connectivity index (χ1n) is 5.54. The molecule has 6 nitrogen and oxygen atoms in total. The van der Waals surface area contributed by atoms with Crippen molar-refractivity contribution in [2.75, 3.05) is 0 Å². The molecule has 0 aliphatic heterocycles. The second-order valence-corrected chi connectivity index (χ2v) is 4.21. The maximum absolute atomic E-state index is 5.62. The van der Waals surface area contributed by atoms with E-state index in [0.29, 0.717) is 0 Å². The molecule has 0 saturated heterocycles. The van der Waals surface area contributed by atoms with E-state index < -0.39 is 0 Å². The Hall–Kier alpha value is -1.66. The summed E-state index contributed by atoms with van der Waals surface area (Å²) in [5.41, 5.74) is 4.88. The van der Waals surface area contributed by atoms with E-state index in [9.17, 15) is 0 Å². The van der Waals surface area contributed by atoms with Crippen LogP contribution in [0.2, 0.25) is 0 Å². The zero-order valence-corrected chi connectivity index (χ0v) is 10.4. The van der Waals surface area contributed by atoms with Crippen molar-refractivity contribution in [1.82, 2.24) is 24.8 Å². The maximum atomic E-state index is 5.62. The molecule has 3 N–H and O–H groups in total. The molecule has 1 atom stereocenters. The summed E-state index contributed by atoms with van der Waals surface area (Å²) in [4.78, 5) is 4.30. The minimum atomic E-state index is 0.0160. The normalized spacial score (nSPS) is 12.9. The monoisotopic (exact) mass is 234 g/mol. The molecular formula is C11H18N6. The third kappa shape index (κ3) is 2.37. The van der Waals surface area contributed by atoms with Crippen LogP contribution in [0.5, 0.6) is 0 Å². The number of rotatable bonds is 4. The predicted octanol–water partition coefficient (Wildman–Crippen LogP) is 0.209. The van der Waals surface area contributed by atoms with Gasteiger partial charge in [-0.3, -0.25) is 16.0 Å². The van der Waals surface area contributed by atoms with Crippen LogP contribution in [0.1, 0.15) is 23.3 Å². The van der Waals surface area contributed by atoms with Crippen molar-refractivity contribution in [3.05, 3.63) is 35.7 Å². The maximum Gasteiger partial charge on any atom is 0.110 e. The van der Waals surface area contributed by atoms with Crippen molar-refractivity contribution < 1.29 is 0 Å². The number of nitrogens with zero attached hydrogens (tertiary/aromatic N) is 4. The van der Waals surface area contributed by atoms with E-state index in [1.807, 2.05) is 42.5 Å². The van der Waals surface area contributed by atoms with Gasteiger partial charge in [0.25, 0.3) is 0 Å². The van der Waals surface area contributed by atoms with E-state index in [0.717, 1.165) is 23.6 Å². The SMILES string of the molecule is Cc1cc(C(Cc2nccn2C)NN)n(C)n1. The largest absolute Gasteiger partial charge is 0.338 e. The van der Waals surface area contributed by atoms with Crippen LogP contribution in [0.3, 0.4) is 0 Å². The number of hydrogen-bond acceptors (Lipinski definition) is 4. The molecule has 2 heterocycles. The molecule has 6 heteroatoms. The zero-order chi connectivity index (χ0) is 12.4. The van der Waals surface area contributed by atoms with Gasteiger partial charge in [0.2, 0.25) is 0 Å². The van der Waals surface area contributed by atoms with Crippen LogP contribution >= 0.6 is 0 Å². The predicted molar refractivity (Wildman–Crippen MR) is 64.9 cm³/mol. The summed E-state index contributed by atoms with van der Waals surface area (Å²) in [5.74, 6) is 6.61. The fourth-order valence-corrected chi connectivity index (χ4v) is 1.98. The van der Waals surface area contributed by atoms with Crippen LogP contribution in [-0.4, -0.2) is 19.3 Å². The summed E-state index contributed by atoms with van der Waals surface area (Å²) in [6.45, 7) is 1.97. The van der Waals surface area contributed by atoms with Gasteiger partial charge in [-0.25, -0.2) is 4.98 Å². The highest BCUT2D eigenvalue weighted by Crippen LogP contribution is 2.17. The molecule has 0 amide bonds. The lowest BCUT2D eigenvalue weighted by molar-refractivity contribution is 0.493. The molecule has 0 bridgehead atoms. The molecule has 17 heavy (non-hydrogen) atoms. The highest BCUT2D eigenvalue weighted by molar-refractivity contribution is 5.14. The lowest BCUT2D eigenvalue weighted by Gasteiger charge is -2.15. The molecule has 0 spiro atoms. The number of aromatic nitrogens is 4. The second kappa shape index (κ2) is 4.68. The lowest BCUT2D eigenvalue weighted by atomic mass is 10.1. The highest BCUT2D eigenvalue weighted by atomic mass is 15.3. The Labute approximate surface area is 100 Å². The smallest absolute Gasteiger partial charge is 0.110 e. The van der Waals surface area contributed by atoms with Crippen LogP contribution in [0, 0.1) is 6.92 Å². The minimum Gasteiger partial charge on any atom is -0.338 e. The number of nitrogens with two attached hydrogens (primary N) is 1. The first kappa shape index (κ1) is 11.8. The van der Waals surface area contributed by atoms with Crippen molar-refractivity contribution in [2.45, 2.75) is 19.4 Å². The Morgan fingerprint density at radius 1 is 1.47 bits per heavy atom. The van der Waals surface area contributed by atoms with Crippen molar-refractivity contribution in [2.24, 2.45) is 19.9 Å². The lowest BCUT2D eigenvalue weighted by Crippen LogP contribution is -2.31. The first-order valence-corrected chi connectivity index (χ1v) is 5.54. The van der Waals surface area contributed by atoms with Crippen LogP contribution in [0.4, 0.5) is 0 Å². The highest BCUT2D eigenvalue weighted by Gasteiger charge is 2.17. The van der Waals surface area contributed by atoms with E-state index in [1.165, 1.54) is 0 Å². The topological polar surface area (TPSA) is 73.7 Å². The van der Waals surface area contributed by atoms with Gasteiger partial charge in [0.15, 0.2) is 0 Å². The third-order valence-corrected chi connectivity index (χ3v) is 2.90. The van der Waals surface area contributed by atoms with Crippen molar-refractivity contribution in [3.8, 4) is 0 Å². The van der Waals surface area contributed by atoms with E-state index >= 15 is 0 Å². The average Bonchev–Trinajstić information content (AvgIpc) is 2.82. The quantitative estimate of drug-likeness (QED) is 0.586. The molecule has 92 valence electrons. The minimum absolute atomic E-state index is 0.0160. The molecule has 2 aromatic heterocycles. The molecule has 1 unspecified atom stereocenters. The van der Waals surface area contributed by atoms with Gasteiger partial charge in [0.1, 0.15) is 5.82 Å². The summed E-state index contributed by atoms with van der Waals surface area (Å²) >= 11 is 0. The standard InChI is InChI=1S/C11H18N6/c1-8-6-10(17(3)15-8)9(14-12)7-11-13-4-5-16(11)2/h4-6,9,14H,7,12H2,1-3H3. The molecular weight excluding hydrogens is 216 g/mol. The summed E-state index contributed by atoms with van der Waals surface area (Å²) in [6.07, 6.45) is 4.45. The molecule has 0 aliphatic carbocycles. The van der Waals surface area contributed by atoms with Gasteiger partial charge >= 0.3 is 0 Å². The number of hydrogen-bond donors (Lipinski definition) is 2. The number of aryl methyl sites for hydroxylation is 3. The summed E-state index contributed by atoms with van der Waals surface area (Å²) in [5, 5.41) is 4.33. The molecule has 0 radical (unpaired) electrons. The van der Waals surface area contributed by atoms with Crippen LogP contribution in [0.15, 0.2) is 18.5 Å². The van der Waals surface area contributed by atoms with Crippen LogP contribution in [-0.2, 0) is 20.5 Å². The fraction of sp³-hybridized carbons (Fsp3) is 0.455. The van der Waals surface area contributed by atoms with Crippen LogP contribution < -0.4 is 11.3 Å². The summed E-state index contributed by atoms with van der Waals surface area (Å²) in [7, 11) is 3.90. The molecule has 0 aromatic carbocycles. The van der Waals surface area contributed by atoms with E-state index in [4.69, 9.17) is 5.84 Å². The number of hydrazine groups is 1. The first-order chi connectivity index (χ1) is 8.11. The number of nitrogens with one attached hydrogen (secondary N) is 1. The average molecular weight is 234 g/mol. The molecule has 2 aromatic rings. The Kier molecular flexibility index (Phi) is 3.26. The molecule has 2 rings (SSSR count). The molecule has 0 aliphatic rings. The Bertz CT molecular complexity index is 498. The summed E-state index contributed by atoms with van der Waals surface area (Å²) < 4.78 is 3.84.